The number of amides is 1. The molecular formula is C17H22N4O2. The molecule has 6 heteroatoms. The summed E-state index contributed by atoms with van der Waals surface area (Å²) in [5.74, 6) is -0.372. The highest BCUT2D eigenvalue weighted by atomic mass is 16.2. The van der Waals surface area contributed by atoms with E-state index in [0.717, 1.165) is 37.0 Å². The first-order valence-corrected chi connectivity index (χ1v) is 7.93. The van der Waals surface area contributed by atoms with Gasteiger partial charge in [0, 0.05) is 13.1 Å². The lowest BCUT2D eigenvalue weighted by Gasteiger charge is -2.29. The van der Waals surface area contributed by atoms with Crippen molar-refractivity contribution in [1.29, 1.82) is 0 Å². The minimum atomic E-state index is -0.372. The van der Waals surface area contributed by atoms with E-state index in [1.807, 2.05) is 25.1 Å². The Bertz CT molecular complexity index is 804. The molecule has 2 heterocycles. The monoisotopic (exact) mass is 314 g/mol. The third-order valence-corrected chi connectivity index (χ3v) is 4.48. The molecule has 1 aliphatic heterocycles. The van der Waals surface area contributed by atoms with E-state index in [9.17, 15) is 9.59 Å². The molecule has 23 heavy (non-hydrogen) atoms. The van der Waals surface area contributed by atoms with E-state index in [1.165, 1.54) is 0 Å². The maximum atomic E-state index is 12.6. The Labute approximate surface area is 135 Å². The Hall–Kier alpha value is -2.21. The fourth-order valence-electron chi connectivity index (χ4n) is 3.05. The molecule has 0 atom stereocenters. The minimum absolute atomic E-state index is 0.0236. The molecule has 1 aliphatic rings. The predicted molar refractivity (Wildman–Crippen MR) is 89.7 cm³/mol. The minimum Gasteiger partial charge on any atom is -0.348 e. The first kappa shape index (κ1) is 15.7. The molecule has 3 rings (SSSR count). The third-order valence-electron chi connectivity index (χ3n) is 4.48. The van der Waals surface area contributed by atoms with Crippen LogP contribution < -0.4 is 10.7 Å². The molecule has 122 valence electrons. The van der Waals surface area contributed by atoms with Gasteiger partial charge in [-0.15, -0.1) is 0 Å². The van der Waals surface area contributed by atoms with Crippen molar-refractivity contribution in [3.05, 3.63) is 39.7 Å². The molecule has 2 aromatic rings. The molecule has 1 aromatic carbocycles. The lowest BCUT2D eigenvalue weighted by molar-refractivity contribution is 0.0909. The van der Waals surface area contributed by atoms with Gasteiger partial charge in [0.2, 0.25) is 5.43 Å². The van der Waals surface area contributed by atoms with Crippen molar-refractivity contribution in [3.63, 3.8) is 0 Å². The Morgan fingerprint density at radius 1 is 1.26 bits per heavy atom. The summed E-state index contributed by atoms with van der Waals surface area (Å²) in [6.07, 6.45) is 1.80. The van der Waals surface area contributed by atoms with Gasteiger partial charge in [0.05, 0.1) is 10.9 Å². The van der Waals surface area contributed by atoms with Crippen molar-refractivity contribution in [2.75, 3.05) is 20.1 Å². The van der Waals surface area contributed by atoms with Crippen LogP contribution in [-0.4, -0.2) is 46.8 Å². The zero-order valence-electron chi connectivity index (χ0n) is 13.8. The molecule has 0 aliphatic carbocycles. The Kier molecular flexibility index (Phi) is 4.17. The highest BCUT2D eigenvalue weighted by Gasteiger charge is 2.22. The van der Waals surface area contributed by atoms with Crippen molar-refractivity contribution in [1.82, 2.24) is 20.0 Å². The number of aromatic nitrogens is 2. The average molecular weight is 314 g/mol. The Balaban J connectivity index is 1.91. The molecule has 1 N–H and O–H groups in total. The maximum Gasteiger partial charge on any atom is 0.276 e. The number of hydrogen-bond acceptors (Lipinski definition) is 4. The molecule has 1 saturated heterocycles. The summed E-state index contributed by atoms with van der Waals surface area (Å²) < 4.78 is 1.60. The third kappa shape index (κ3) is 3.12. The van der Waals surface area contributed by atoms with Crippen molar-refractivity contribution >= 4 is 16.8 Å². The molecule has 0 saturated carbocycles. The SMILES string of the molecule is Cc1ccc2c(c1)c(=O)c(C(=O)NC1CCN(C)CC1)nn2C. The molecule has 1 aromatic heterocycles. The average Bonchev–Trinajstić information content (AvgIpc) is 2.53. The van der Waals surface area contributed by atoms with Crippen LogP contribution >= 0.6 is 0 Å². The quantitative estimate of drug-likeness (QED) is 0.900. The van der Waals surface area contributed by atoms with Gasteiger partial charge in [-0.3, -0.25) is 14.3 Å². The zero-order valence-corrected chi connectivity index (χ0v) is 13.8. The van der Waals surface area contributed by atoms with E-state index in [0.29, 0.717) is 5.39 Å². The van der Waals surface area contributed by atoms with E-state index >= 15 is 0 Å². The Morgan fingerprint density at radius 3 is 2.65 bits per heavy atom. The predicted octanol–water partition coefficient (Wildman–Crippen LogP) is 1.07. The number of rotatable bonds is 2. The number of nitrogens with zero attached hydrogens (tertiary/aromatic N) is 3. The molecule has 0 radical (unpaired) electrons. The number of hydrogen-bond donors (Lipinski definition) is 1. The smallest absolute Gasteiger partial charge is 0.276 e. The van der Waals surface area contributed by atoms with Gasteiger partial charge < -0.3 is 10.2 Å². The van der Waals surface area contributed by atoms with Crippen molar-refractivity contribution in [2.24, 2.45) is 7.05 Å². The summed E-state index contributed by atoms with van der Waals surface area (Å²) in [6.45, 7) is 3.83. The maximum absolute atomic E-state index is 12.6. The largest absolute Gasteiger partial charge is 0.348 e. The zero-order chi connectivity index (χ0) is 16.6. The van der Waals surface area contributed by atoms with Gasteiger partial charge in [0.15, 0.2) is 5.69 Å². The molecule has 0 bridgehead atoms. The van der Waals surface area contributed by atoms with Crippen LogP contribution in [0.4, 0.5) is 0 Å². The van der Waals surface area contributed by atoms with Crippen LogP contribution in [0.15, 0.2) is 23.0 Å². The molecule has 0 spiro atoms. The lowest BCUT2D eigenvalue weighted by Crippen LogP contribution is -2.44. The summed E-state index contributed by atoms with van der Waals surface area (Å²) in [5.41, 5.74) is 1.40. The second-order valence-corrected chi connectivity index (χ2v) is 6.37. The van der Waals surface area contributed by atoms with E-state index in [4.69, 9.17) is 0 Å². The summed E-state index contributed by atoms with van der Waals surface area (Å²) in [7, 11) is 3.82. The van der Waals surface area contributed by atoms with Crippen LogP contribution in [-0.2, 0) is 7.05 Å². The van der Waals surface area contributed by atoms with Gasteiger partial charge in [-0.1, -0.05) is 11.6 Å². The number of carbonyl (C=O) groups excluding carboxylic acids is 1. The summed E-state index contributed by atoms with van der Waals surface area (Å²) in [5, 5.41) is 7.69. The topological polar surface area (TPSA) is 67.2 Å². The number of benzene rings is 1. The van der Waals surface area contributed by atoms with E-state index in [2.05, 4.69) is 22.4 Å². The number of carbonyl (C=O) groups is 1. The number of nitrogens with one attached hydrogen (secondary N) is 1. The summed E-state index contributed by atoms with van der Waals surface area (Å²) >= 11 is 0. The summed E-state index contributed by atoms with van der Waals surface area (Å²) in [6, 6.07) is 5.71. The highest BCUT2D eigenvalue weighted by Crippen LogP contribution is 2.12. The molecule has 1 fully saturated rings. The number of fused-ring (bicyclic) bond motifs is 1. The highest BCUT2D eigenvalue weighted by molar-refractivity contribution is 5.95. The first-order valence-electron chi connectivity index (χ1n) is 7.93. The van der Waals surface area contributed by atoms with Crippen LogP contribution in [0.5, 0.6) is 0 Å². The van der Waals surface area contributed by atoms with E-state index < -0.39 is 0 Å². The van der Waals surface area contributed by atoms with Gasteiger partial charge in [-0.05, 0) is 52.0 Å². The Morgan fingerprint density at radius 2 is 1.96 bits per heavy atom. The standard InChI is InChI=1S/C17H22N4O2/c1-11-4-5-14-13(10-11)16(22)15(19-21(14)3)17(23)18-12-6-8-20(2)9-7-12/h4-5,10,12H,6-9H2,1-3H3,(H,18,23). The van der Waals surface area contributed by atoms with Crippen LogP contribution in [0.1, 0.15) is 28.9 Å². The van der Waals surface area contributed by atoms with Gasteiger partial charge in [0.1, 0.15) is 0 Å². The lowest BCUT2D eigenvalue weighted by atomic mass is 10.1. The van der Waals surface area contributed by atoms with Crippen molar-refractivity contribution in [3.8, 4) is 0 Å². The number of piperidine rings is 1. The van der Waals surface area contributed by atoms with Gasteiger partial charge in [-0.2, -0.15) is 5.10 Å². The van der Waals surface area contributed by atoms with E-state index in [1.54, 1.807) is 11.7 Å². The molecule has 6 nitrogen and oxygen atoms in total. The van der Waals surface area contributed by atoms with Crippen molar-refractivity contribution in [2.45, 2.75) is 25.8 Å². The fraction of sp³-hybridized carbons (Fsp3) is 0.471. The second-order valence-electron chi connectivity index (χ2n) is 6.37. The van der Waals surface area contributed by atoms with Crippen LogP contribution in [0, 0.1) is 6.92 Å². The van der Waals surface area contributed by atoms with Crippen LogP contribution in [0.2, 0.25) is 0 Å². The van der Waals surface area contributed by atoms with E-state index in [-0.39, 0.29) is 23.1 Å². The van der Waals surface area contributed by atoms with Gasteiger partial charge in [-0.25, -0.2) is 0 Å². The van der Waals surface area contributed by atoms with Crippen molar-refractivity contribution < 1.29 is 4.79 Å². The fourth-order valence-corrected chi connectivity index (χ4v) is 3.05. The molecular weight excluding hydrogens is 292 g/mol. The van der Waals surface area contributed by atoms with Gasteiger partial charge in [0.25, 0.3) is 5.91 Å². The van der Waals surface area contributed by atoms with Crippen LogP contribution in [0.25, 0.3) is 10.9 Å². The first-order chi connectivity index (χ1) is 11.0. The second kappa shape index (κ2) is 6.12. The summed E-state index contributed by atoms with van der Waals surface area (Å²) in [4.78, 5) is 27.4. The van der Waals surface area contributed by atoms with Crippen LogP contribution in [0.3, 0.4) is 0 Å². The number of likely N-dealkylation sites (tertiary alicyclic amines) is 1. The molecule has 0 unspecified atom stereocenters. The molecule has 1 amide bonds. The number of aryl methyl sites for hydroxylation is 2. The normalized spacial score (nSPS) is 16.7. The van der Waals surface area contributed by atoms with Gasteiger partial charge >= 0.3 is 0 Å².